The van der Waals surface area contributed by atoms with E-state index in [1.807, 2.05) is 20.0 Å². The SMILES string of the molecule is C[C@@H](Cn1cncn1)NS(=O)(=O)c1ccc2c(c1)N(C)CCC2. The van der Waals surface area contributed by atoms with Crippen molar-refractivity contribution in [1.82, 2.24) is 19.5 Å². The number of fused-ring (bicyclic) bond motifs is 1. The smallest absolute Gasteiger partial charge is 0.240 e. The van der Waals surface area contributed by atoms with Crippen molar-refractivity contribution in [2.24, 2.45) is 0 Å². The van der Waals surface area contributed by atoms with Gasteiger partial charge in [-0.05, 0) is 37.5 Å². The average molecular weight is 335 g/mol. The number of hydrogen-bond acceptors (Lipinski definition) is 5. The summed E-state index contributed by atoms with van der Waals surface area (Å²) in [7, 11) is -1.56. The number of anilines is 1. The maximum absolute atomic E-state index is 12.6. The molecule has 0 fully saturated rings. The third kappa shape index (κ3) is 3.53. The normalized spacial score (nSPS) is 16.2. The highest BCUT2D eigenvalue weighted by Crippen LogP contribution is 2.28. The molecule has 0 saturated heterocycles. The van der Waals surface area contributed by atoms with Crippen molar-refractivity contribution in [3.8, 4) is 0 Å². The van der Waals surface area contributed by atoms with Gasteiger partial charge in [0.2, 0.25) is 10.0 Å². The topological polar surface area (TPSA) is 80.1 Å². The lowest BCUT2D eigenvalue weighted by Gasteiger charge is -2.28. The summed E-state index contributed by atoms with van der Waals surface area (Å²) in [5.41, 5.74) is 2.21. The number of rotatable bonds is 5. The first kappa shape index (κ1) is 15.9. The molecule has 23 heavy (non-hydrogen) atoms. The van der Waals surface area contributed by atoms with Crippen molar-refractivity contribution in [3.63, 3.8) is 0 Å². The van der Waals surface area contributed by atoms with E-state index in [4.69, 9.17) is 0 Å². The third-order valence-corrected chi connectivity index (χ3v) is 5.59. The van der Waals surface area contributed by atoms with Gasteiger partial charge < -0.3 is 4.90 Å². The van der Waals surface area contributed by atoms with E-state index in [-0.39, 0.29) is 6.04 Å². The quantitative estimate of drug-likeness (QED) is 0.883. The first-order valence-electron chi connectivity index (χ1n) is 7.64. The molecule has 1 aromatic carbocycles. The van der Waals surface area contributed by atoms with Gasteiger partial charge in [0.05, 0.1) is 11.4 Å². The summed E-state index contributed by atoms with van der Waals surface area (Å²) in [5.74, 6) is 0. The minimum absolute atomic E-state index is 0.282. The molecular formula is C15H21N5O2S. The molecule has 1 aliphatic rings. The van der Waals surface area contributed by atoms with Crippen molar-refractivity contribution in [2.45, 2.75) is 37.2 Å². The van der Waals surface area contributed by atoms with Crippen LogP contribution in [0.1, 0.15) is 18.9 Å². The maximum Gasteiger partial charge on any atom is 0.240 e. The Hall–Kier alpha value is -1.93. The zero-order chi connectivity index (χ0) is 16.4. The fraction of sp³-hybridized carbons (Fsp3) is 0.467. The van der Waals surface area contributed by atoms with E-state index >= 15 is 0 Å². The third-order valence-electron chi connectivity index (χ3n) is 4.00. The van der Waals surface area contributed by atoms with E-state index in [0.717, 1.165) is 25.1 Å². The minimum atomic E-state index is -3.56. The van der Waals surface area contributed by atoms with E-state index in [1.54, 1.807) is 23.1 Å². The Morgan fingerprint density at radius 3 is 2.96 bits per heavy atom. The Morgan fingerprint density at radius 2 is 2.22 bits per heavy atom. The number of hydrogen-bond donors (Lipinski definition) is 1. The molecule has 124 valence electrons. The molecule has 0 amide bonds. The van der Waals surface area contributed by atoms with Crippen LogP contribution in [0, 0.1) is 0 Å². The Bertz CT molecular complexity index is 773. The molecule has 1 aromatic heterocycles. The molecule has 2 aromatic rings. The van der Waals surface area contributed by atoms with Crippen molar-refractivity contribution < 1.29 is 8.42 Å². The molecule has 0 aliphatic carbocycles. The number of sulfonamides is 1. The van der Waals surface area contributed by atoms with Gasteiger partial charge >= 0.3 is 0 Å². The van der Waals surface area contributed by atoms with Crippen molar-refractivity contribution >= 4 is 15.7 Å². The van der Waals surface area contributed by atoms with Crippen LogP contribution in [-0.4, -0.2) is 42.8 Å². The molecule has 0 bridgehead atoms. The lowest BCUT2D eigenvalue weighted by molar-refractivity contribution is 0.493. The molecule has 8 heteroatoms. The van der Waals surface area contributed by atoms with Gasteiger partial charge in [-0.15, -0.1) is 0 Å². The highest BCUT2D eigenvalue weighted by Gasteiger charge is 2.21. The zero-order valence-electron chi connectivity index (χ0n) is 13.3. The summed E-state index contributed by atoms with van der Waals surface area (Å²) in [6.07, 6.45) is 5.10. The summed E-state index contributed by atoms with van der Waals surface area (Å²) in [5, 5.41) is 3.99. The molecule has 0 radical (unpaired) electrons. The maximum atomic E-state index is 12.6. The summed E-state index contributed by atoms with van der Waals surface area (Å²) < 4.78 is 29.5. The lowest BCUT2D eigenvalue weighted by atomic mass is 10.0. The molecule has 7 nitrogen and oxygen atoms in total. The van der Waals surface area contributed by atoms with Gasteiger partial charge in [-0.3, -0.25) is 4.68 Å². The summed E-state index contributed by atoms with van der Waals surface area (Å²) >= 11 is 0. The van der Waals surface area contributed by atoms with Crippen LogP contribution in [0.2, 0.25) is 0 Å². The zero-order valence-corrected chi connectivity index (χ0v) is 14.1. The summed E-state index contributed by atoms with van der Waals surface area (Å²) in [4.78, 5) is 6.26. The van der Waals surface area contributed by atoms with Crippen LogP contribution in [0.15, 0.2) is 35.7 Å². The highest BCUT2D eigenvalue weighted by molar-refractivity contribution is 7.89. The second-order valence-electron chi connectivity index (χ2n) is 5.96. The first-order valence-corrected chi connectivity index (χ1v) is 9.13. The van der Waals surface area contributed by atoms with Gasteiger partial charge in [0.25, 0.3) is 0 Å². The molecule has 1 atom stereocenters. The summed E-state index contributed by atoms with van der Waals surface area (Å²) in [6, 6.07) is 5.08. The minimum Gasteiger partial charge on any atom is -0.374 e. The van der Waals surface area contributed by atoms with E-state index in [0.29, 0.717) is 11.4 Å². The largest absolute Gasteiger partial charge is 0.374 e. The van der Waals surface area contributed by atoms with Crippen LogP contribution in [0.4, 0.5) is 5.69 Å². The van der Waals surface area contributed by atoms with Crippen molar-refractivity contribution in [1.29, 1.82) is 0 Å². The van der Waals surface area contributed by atoms with Gasteiger partial charge in [-0.2, -0.15) is 5.10 Å². The molecule has 0 unspecified atom stereocenters. The highest BCUT2D eigenvalue weighted by atomic mass is 32.2. The van der Waals surface area contributed by atoms with Crippen molar-refractivity contribution in [3.05, 3.63) is 36.4 Å². The predicted molar refractivity (Wildman–Crippen MR) is 87.8 cm³/mol. The first-order chi connectivity index (χ1) is 11.0. The lowest BCUT2D eigenvalue weighted by Crippen LogP contribution is -2.36. The Labute approximate surface area is 136 Å². The van der Waals surface area contributed by atoms with Crippen LogP contribution < -0.4 is 9.62 Å². The van der Waals surface area contributed by atoms with Crippen LogP contribution in [0.5, 0.6) is 0 Å². The summed E-state index contributed by atoms with van der Waals surface area (Å²) in [6.45, 7) is 3.19. The van der Waals surface area contributed by atoms with Gasteiger partial charge in [0.15, 0.2) is 0 Å². The van der Waals surface area contributed by atoms with Crippen LogP contribution in [0.3, 0.4) is 0 Å². The van der Waals surface area contributed by atoms with Gasteiger partial charge in [-0.1, -0.05) is 6.07 Å². The fourth-order valence-electron chi connectivity index (χ4n) is 2.88. The number of nitrogens with one attached hydrogen (secondary N) is 1. The van der Waals surface area contributed by atoms with E-state index in [9.17, 15) is 8.42 Å². The fourth-order valence-corrected chi connectivity index (χ4v) is 4.14. The van der Waals surface area contributed by atoms with Gasteiger partial charge in [-0.25, -0.2) is 18.1 Å². The van der Waals surface area contributed by atoms with Gasteiger partial charge in [0.1, 0.15) is 12.7 Å². The number of aromatic nitrogens is 3. The number of nitrogens with zero attached hydrogens (tertiary/aromatic N) is 4. The molecular weight excluding hydrogens is 314 g/mol. The van der Waals surface area contributed by atoms with E-state index in [1.165, 1.54) is 11.9 Å². The Kier molecular flexibility index (Phi) is 4.36. The standard InChI is InChI=1S/C15H21N5O2S/c1-12(9-20-11-16-10-17-20)18-23(21,22)14-6-5-13-4-3-7-19(2)15(13)8-14/h5-6,8,10-12,18H,3-4,7,9H2,1-2H3/t12-/m0/s1. The number of aryl methyl sites for hydroxylation is 1. The molecule has 0 saturated carbocycles. The molecule has 1 aliphatic heterocycles. The van der Waals surface area contributed by atoms with Crippen LogP contribution in [0.25, 0.3) is 0 Å². The molecule has 1 N–H and O–H groups in total. The monoisotopic (exact) mass is 335 g/mol. The molecule has 3 rings (SSSR count). The van der Waals surface area contributed by atoms with E-state index in [2.05, 4.69) is 19.7 Å². The average Bonchev–Trinajstić information content (AvgIpc) is 2.99. The second-order valence-corrected chi connectivity index (χ2v) is 7.67. The van der Waals surface area contributed by atoms with Crippen molar-refractivity contribution in [2.75, 3.05) is 18.5 Å². The number of benzene rings is 1. The van der Waals surface area contributed by atoms with Gasteiger partial charge in [0, 0.05) is 25.3 Å². The molecule has 0 spiro atoms. The molecule has 2 heterocycles. The Morgan fingerprint density at radius 1 is 1.39 bits per heavy atom. The predicted octanol–water partition coefficient (Wildman–Crippen LogP) is 1.03. The second kappa shape index (κ2) is 6.29. The Balaban J connectivity index is 1.78. The van der Waals surface area contributed by atoms with Crippen LogP contribution in [-0.2, 0) is 23.0 Å². The van der Waals surface area contributed by atoms with Crippen LogP contribution >= 0.6 is 0 Å². The van der Waals surface area contributed by atoms with E-state index < -0.39 is 10.0 Å².